The molecule has 1 atom stereocenters. The Balaban J connectivity index is 1.86. The fourth-order valence-corrected chi connectivity index (χ4v) is 2.40. The molecule has 2 heterocycles. The number of likely N-dealkylation sites (tertiary alicyclic amines) is 1. The van der Waals surface area contributed by atoms with Gasteiger partial charge in [0, 0.05) is 24.0 Å². The smallest absolute Gasteiger partial charge is 0.253 e. The number of benzene rings is 1. The van der Waals surface area contributed by atoms with Crippen LogP contribution in [-0.4, -0.2) is 45.3 Å². The van der Waals surface area contributed by atoms with Crippen LogP contribution >= 0.6 is 0 Å². The van der Waals surface area contributed by atoms with E-state index < -0.39 is 0 Å². The maximum atomic E-state index is 12.3. The summed E-state index contributed by atoms with van der Waals surface area (Å²) >= 11 is 0. The van der Waals surface area contributed by atoms with Crippen LogP contribution in [0, 0.1) is 0 Å². The number of nitrogens with zero attached hydrogens (tertiary/aromatic N) is 2. The Labute approximate surface area is 104 Å². The van der Waals surface area contributed by atoms with Gasteiger partial charge in [0.15, 0.2) is 0 Å². The van der Waals surface area contributed by atoms with Gasteiger partial charge in [-0.15, -0.1) is 0 Å². The second-order valence-corrected chi connectivity index (χ2v) is 4.72. The minimum atomic E-state index is -0.389. The molecule has 0 spiro atoms. The number of fused-ring (bicyclic) bond motifs is 1. The van der Waals surface area contributed by atoms with Crippen molar-refractivity contribution < 1.29 is 9.90 Å². The van der Waals surface area contributed by atoms with Crippen LogP contribution in [0.3, 0.4) is 0 Å². The summed E-state index contributed by atoms with van der Waals surface area (Å²) < 4.78 is 0. The van der Waals surface area contributed by atoms with Gasteiger partial charge in [-0.1, -0.05) is 0 Å². The molecule has 94 valence electrons. The molecule has 2 N–H and O–H groups in total. The number of aliphatic hydroxyl groups excluding tert-OH is 1. The van der Waals surface area contributed by atoms with Crippen molar-refractivity contribution in [3.05, 3.63) is 30.0 Å². The van der Waals surface area contributed by atoms with Gasteiger partial charge in [-0.3, -0.25) is 9.89 Å². The number of piperidine rings is 1. The first kappa shape index (κ1) is 11.2. The van der Waals surface area contributed by atoms with Crippen LogP contribution in [0.4, 0.5) is 0 Å². The first-order valence-electron chi connectivity index (χ1n) is 6.14. The van der Waals surface area contributed by atoms with E-state index in [1.165, 1.54) is 0 Å². The number of aromatic nitrogens is 2. The van der Waals surface area contributed by atoms with Crippen LogP contribution in [0.5, 0.6) is 0 Å². The zero-order valence-electron chi connectivity index (χ0n) is 9.97. The van der Waals surface area contributed by atoms with Gasteiger partial charge in [0.05, 0.1) is 17.8 Å². The second kappa shape index (κ2) is 4.42. The van der Waals surface area contributed by atoms with Crippen LogP contribution in [0.15, 0.2) is 24.4 Å². The minimum absolute atomic E-state index is 0.0168. The number of hydrogen-bond donors (Lipinski definition) is 2. The molecule has 1 aliphatic heterocycles. The van der Waals surface area contributed by atoms with Crippen molar-refractivity contribution in [2.75, 3.05) is 13.1 Å². The number of aromatic amines is 1. The number of β-amino-alcohol motifs (C(OH)–C–C–N with tert-alkyl or cyclic N) is 1. The van der Waals surface area contributed by atoms with E-state index in [9.17, 15) is 9.90 Å². The Bertz CT molecular complexity index is 578. The number of carbonyl (C=O) groups is 1. The molecule has 18 heavy (non-hydrogen) atoms. The number of carbonyl (C=O) groups excluding carboxylic acids is 1. The van der Waals surface area contributed by atoms with Crippen LogP contribution in [0.1, 0.15) is 23.2 Å². The highest BCUT2D eigenvalue weighted by atomic mass is 16.3. The van der Waals surface area contributed by atoms with Gasteiger partial charge < -0.3 is 10.0 Å². The lowest BCUT2D eigenvalue weighted by atomic mass is 10.1. The molecule has 5 heteroatoms. The Morgan fingerprint density at radius 3 is 3.22 bits per heavy atom. The maximum absolute atomic E-state index is 12.3. The van der Waals surface area contributed by atoms with Crippen LogP contribution in [-0.2, 0) is 0 Å². The SMILES string of the molecule is O=C(c1ccc2[nH]ncc2c1)N1CCC[C@@H](O)C1. The summed E-state index contributed by atoms with van der Waals surface area (Å²) in [5.41, 5.74) is 1.57. The maximum Gasteiger partial charge on any atom is 0.253 e. The Kier molecular flexibility index (Phi) is 2.76. The molecular weight excluding hydrogens is 230 g/mol. The molecule has 1 amide bonds. The summed E-state index contributed by atoms with van der Waals surface area (Å²) in [5, 5.41) is 17.3. The third-order valence-corrected chi connectivity index (χ3v) is 3.37. The van der Waals surface area contributed by atoms with Crippen molar-refractivity contribution in [3.8, 4) is 0 Å². The summed E-state index contributed by atoms with van der Waals surface area (Å²) in [5.74, 6) is -0.0168. The van der Waals surface area contributed by atoms with E-state index in [1.54, 1.807) is 17.2 Å². The lowest BCUT2D eigenvalue weighted by molar-refractivity contribution is 0.0474. The molecule has 1 aromatic carbocycles. The van der Waals surface area contributed by atoms with Crippen molar-refractivity contribution in [1.82, 2.24) is 15.1 Å². The molecule has 0 bridgehead atoms. The second-order valence-electron chi connectivity index (χ2n) is 4.72. The molecule has 5 nitrogen and oxygen atoms in total. The number of nitrogens with one attached hydrogen (secondary N) is 1. The van der Waals surface area contributed by atoms with Gasteiger partial charge in [0.1, 0.15) is 0 Å². The number of rotatable bonds is 1. The predicted octanol–water partition coefficient (Wildman–Crippen LogP) is 1.16. The monoisotopic (exact) mass is 245 g/mol. The first-order valence-corrected chi connectivity index (χ1v) is 6.14. The lowest BCUT2D eigenvalue weighted by Crippen LogP contribution is -2.42. The van der Waals surface area contributed by atoms with E-state index >= 15 is 0 Å². The standard InChI is InChI=1S/C13H15N3O2/c17-11-2-1-5-16(8-11)13(18)9-3-4-12-10(6-9)7-14-15-12/h3-4,6-7,11,17H,1-2,5,8H2,(H,14,15)/t11-/m1/s1. The highest BCUT2D eigenvalue weighted by Crippen LogP contribution is 2.17. The summed E-state index contributed by atoms with van der Waals surface area (Å²) in [7, 11) is 0. The average Bonchev–Trinajstić information content (AvgIpc) is 2.85. The fourth-order valence-electron chi connectivity index (χ4n) is 2.40. The van der Waals surface area contributed by atoms with Gasteiger partial charge in [-0.2, -0.15) is 5.10 Å². The van der Waals surface area contributed by atoms with E-state index in [4.69, 9.17) is 0 Å². The summed E-state index contributed by atoms with van der Waals surface area (Å²) in [6.45, 7) is 1.15. The largest absolute Gasteiger partial charge is 0.391 e. The zero-order chi connectivity index (χ0) is 12.5. The van der Waals surface area contributed by atoms with Crippen LogP contribution in [0.25, 0.3) is 10.9 Å². The van der Waals surface area contributed by atoms with Gasteiger partial charge in [-0.25, -0.2) is 0 Å². The molecule has 1 aliphatic rings. The van der Waals surface area contributed by atoms with E-state index in [-0.39, 0.29) is 12.0 Å². The van der Waals surface area contributed by atoms with Crippen molar-refractivity contribution in [3.63, 3.8) is 0 Å². The van der Waals surface area contributed by atoms with Gasteiger partial charge in [0.25, 0.3) is 5.91 Å². The first-order chi connectivity index (χ1) is 8.74. The third-order valence-electron chi connectivity index (χ3n) is 3.37. The van der Waals surface area contributed by atoms with Crippen molar-refractivity contribution in [2.45, 2.75) is 18.9 Å². The third kappa shape index (κ3) is 1.97. The molecule has 2 aromatic rings. The number of H-pyrrole nitrogens is 1. The minimum Gasteiger partial charge on any atom is -0.391 e. The molecular formula is C13H15N3O2. The summed E-state index contributed by atoms with van der Waals surface area (Å²) in [4.78, 5) is 14.0. The quantitative estimate of drug-likeness (QED) is 0.792. The van der Waals surface area contributed by atoms with Gasteiger partial charge in [-0.05, 0) is 31.0 Å². The highest BCUT2D eigenvalue weighted by molar-refractivity contribution is 5.97. The Hall–Kier alpha value is -1.88. The molecule has 0 radical (unpaired) electrons. The van der Waals surface area contributed by atoms with E-state index in [1.807, 2.05) is 12.1 Å². The van der Waals surface area contributed by atoms with Crippen molar-refractivity contribution in [2.24, 2.45) is 0 Å². The molecule has 1 fully saturated rings. The number of hydrogen-bond acceptors (Lipinski definition) is 3. The highest BCUT2D eigenvalue weighted by Gasteiger charge is 2.23. The van der Waals surface area contributed by atoms with Crippen LogP contribution in [0.2, 0.25) is 0 Å². The normalized spacial score (nSPS) is 20.3. The predicted molar refractivity (Wildman–Crippen MR) is 67.2 cm³/mol. The molecule has 0 unspecified atom stereocenters. The Morgan fingerprint density at radius 2 is 2.39 bits per heavy atom. The number of amides is 1. The zero-order valence-corrected chi connectivity index (χ0v) is 9.97. The average molecular weight is 245 g/mol. The van der Waals surface area contributed by atoms with Crippen molar-refractivity contribution >= 4 is 16.8 Å². The lowest BCUT2D eigenvalue weighted by Gasteiger charge is -2.30. The number of aliphatic hydroxyl groups is 1. The van der Waals surface area contributed by atoms with Gasteiger partial charge in [0.2, 0.25) is 0 Å². The molecule has 0 aliphatic carbocycles. The summed E-state index contributed by atoms with van der Waals surface area (Å²) in [6, 6.07) is 5.49. The van der Waals surface area contributed by atoms with Gasteiger partial charge >= 0.3 is 0 Å². The summed E-state index contributed by atoms with van der Waals surface area (Å²) in [6.07, 6.45) is 2.96. The molecule has 3 rings (SSSR count). The van der Waals surface area contributed by atoms with E-state index in [2.05, 4.69) is 10.2 Å². The Morgan fingerprint density at radius 1 is 1.50 bits per heavy atom. The fraction of sp³-hybridized carbons (Fsp3) is 0.385. The van der Waals surface area contributed by atoms with Crippen LogP contribution < -0.4 is 0 Å². The molecule has 0 saturated carbocycles. The molecule has 1 aromatic heterocycles. The molecule has 1 saturated heterocycles. The topological polar surface area (TPSA) is 69.2 Å². The van der Waals surface area contributed by atoms with E-state index in [0.29, 0.717) is 12.1 Å². The van der Waals surface area contributed by atoms with Crippen molar-refractivity contribution in [1.29, 1.82) is 0 Å². The van der Waals surface area contributed by atoms with E-state index in [0.717, 1.165) is 30.3 Å².